The van der Waals surface area contributed by atoms with Gasteiger partial charge in [-0.25, -0.2) is 0 Å². The fraction of sp³-hybridized carbons (Fsp3) is 0.286. The average molecular weight is 277 g/mol. The maximum absolute atomic E-state index is 6.26. The molecule has 0 bridgehead atoms. The number of thiophene rings is 1. The predicted molar refractivity (Wildman–Crippen MR) is 77.6 cm³/mol. The van der Waals surface area contributed by atoms with Crippen molar-refractivity contribution in [3.63, 3.8) is 0 Å². The van der Waals surface area contributed by atoms with Crippen LogP contribution in [0.4, 0.5) is 0 Å². The minimum Gasteiger partial charge on any atom is -0.487 e. The molecular weight excluding hydrogens is 262 g/mol. The van der Waals surface area contributed by atoms with Gasteiger partial charge in [0, 0.05) is 16.7 Å². The van der Waals surface area contributed by atoms with Crippen LogP contribution in [0.5, 0.6) is 5.75 Å². The molecule has 0 amide bonds. The van der Waals surface area contributed by atoms with Crippen LogP contribution in [0.15, 0.2) is 46.0 Å². The molecular formula is C14H15NOS2. The van der Waals surface area contributed by atoms with E-state index in [-0.39, 0.29) is 12.1 Å². The van der Waals surface area contributed by atoms with E-state index in [1.807, 2.05) is 30.0 Å². The lowest BCUT2D eigenvalue weighted by atomic mass is 10.1. The Kier molecular flexibility index (Phi) is 3.59. The summed E-state index contributed by atoms with van der Waals surface area (Å²) in [6, 6.07) is 10.4. The van der Waals surface area contributed by atoms with Crippen molar-refractivity contribution in [1.82, 2.24) is 0 Å². The lowest BCUT2D eigenvalue weighted by Crippen LogP contribution is -2.43. The number of para-hydroxylation sites is 1. The van der Waals surface area contributed by atoms with Gasteiger partial charge in [-0.2, -0.15) is 11.3 Å². The first kappa shape index (κ1) is 12.1. The molecule has 0 spiro atoms. The molecule has 18 heavy (non-hydrogen) atoms. The molecule has 2 N–H and O–H groups in total. The van der Waals surface area contributed by atoms with Crippen LogP contribution < -0.4 is 10.5 Å². The largest absolute Gasteiger partial charge is 0.487 e. The van der Waals surface area contributed by atoms with Gasteiger partial charge in [0.05, 0.1) is 0 Å². The Balaban J connectivity index is 1.68. The fourth-order valence-electron chi connectivity index (χ4n) is 2.06. The Hall–Kier alpha value is -0.970. The molecule has 2 aromatic rings. The minimum atomic E-state index is 0.0560. The highest BCUT2D eigenvalue weighted by Crippen LogP contribution is 2.35. The summed E-state index contributed by atoms with van der Waals surface area (Å²) in [5.74, 6) is 1.90. The molecule has 0 saturated carbocycles. The fourth-order valence-corrected chi connectivity index (χ4v) is 3.83. The van der Waals surface area contributed by atoms with E-state index in [0.29, 0.717) is 0 Å². The molecule has 1 aliphatic rings. The number of thioether (sulfide) groups is 1. The van der Waals surface area contributed by atoms with Gasteiger partial charge in [-0.05, 0) is 40.9 Å². The number of fused-ring (bicyclic) bond motifs is 1. The molecule has 0 fully saturated rings. The number of nitrogens with two attached hydrogens (primary N) is 1. The molecule has 1 aromatic heterocycles. The molecule has 4 heteroatoms. The minimum absolute atomic E-state index is 0.0560. The smallest absolute Gasteiger partial charge is 0.133 e. The third kappa shape index (κ3) is 2.55. The molecule has 0 aliphatic carbocycles. The van der Waals surface area contributed by atoms with E-state index < -0.39 is 0 Å². The number of rotatable bonds is 3. The Labute approximate surface area is 115 Å². The number of benzene rings is 1. The molecule has 2 nitrogen and oxygen atoms in total. The molecule has 1 aliphatic heterocycles. The van der Waals surface area contributed by atoms with Gasteiger partial charge in [0.1, 0.15) is 11.9 Å². The predicted octanol–water partition coefficient (Wildman–Crippen LogP) is 3.17. The van der Waals surface area contributed by atoms with Crippen molar-refractivity contribution in [2.75, 3.05) is 5.75 Å². The van der Waals surface area contributed by atoms with Crippen LogP contribution in [0.25, 0.3) is 0 Å². The summed E-state index contributed by atoms with van der Waals surface area (Å²) in [7, 11) is 0. The van der Waals surface area contributed by atoms with E-state index in [1.165, 1.54) is 10.5 Å². The molecule has 1 aromatic carbocycles. The topological polar surface area (TPSA) is 35.2 Å². The summed E-state index contributed by atoms with van der Waals surface area (Å²) in [5.41, 5.74) is 7.57. The van der Waals surface area contributed by atoms with Gasteiger partial charge in [-0.3, -0.25) is 0 Å². The summed E-state index contributed by atoms with van der Waals surface area (Å²) in [6.07, 6.45) is 0.987. The van der Waals surface area contributed by atoms with Crippen molar-refractivity contribution >= 4 is 23.1 Å². The highest BCUT2D eigenvalue weighted by molar-refractivity contribution is 7.99. The third-order valence-electron chi connectivity index (χ3n) is 3.06. The zero-order chi connectivity index (χ0) is 12.4. The first-order valence-corrected chi connectivity index (χ1v) is 7.91. The van der Waals surface area contributed by atoms with Crippen LogP contribution in [0.2, 0.25) is 0 Å². The lowest BCUT2D eigenvalue weighted by Gasteiger charge is -2.29. The molecule has 2 unspecified atom stereocenters. The van der Waals surface area contributed by atoms with E-state index in [1.54, 1.807) is 11.3 Å². The van der Waals surface area contributed by atoms with Crippen LogP contribution in [0.1, 0.15) is 5.56 Å². The zero-order valence-electron chi connectivity index (χ0n) is 9.91. The van der Waals surface area contributed by atoms with Crippen molar-refractivity contribution < 1.29 is 4.74 Å². The Bertz CT molecular complexity index is 512. The van der Waals surface area contributed by atoms with E-state index in [9.17, 15) is 0 Å². The van der Waals surface area contributed by atoms with Crippen molar-refractivity contribution in [2.45, 2.75) is 23.5 Å². The van der Waals surface area contributed by atoms with Gasteiger partial charge >= 0.3 is 0 Å². The second-order valence-corrected chi connectivity index (χ2v) is 6.26. The molecule has 0 radical (unpaired) electrons. The van der Waals surface area contributed by atoms with Gasteiger partial charge in [0.2, 0.25) is 0 Å². The lowest BCUT2D eigenvalue weighted by molar-refractivity contribution is 0.184. The SMILES string of the molecule is NC(Cc1ccsc1)C1CSc2ccccc2O1. The number of ether oxygens (including phenoxy) is 1. The van der Waals surface area contributed by atoms with Crippen LogP contribution in [-0.2, 0) is 6.42 Å². The van der Waals surface area contributed by atoms with Crippen LogP contribution in [0.3, 0.4) is 0 Å². The summed E-state index contributed by atoms with van der Waals surface area (Å²) in [4.78, 5) is 1.22. The number of hydrogen-bond donors (Lipinski definition) is 1. The zero-order valence-corrected chi connectivity index (χ0v) is 11.5. The Morgan fingerprint density at radius 2 is 2.22 bits per heavy atom. The molecule has 94 valence electrons. The monoisotopic (exact) mass is 277 g/mol. The van der Waals surface area contributed by atoms with Crippen molar-refractivity contribution in [3.8, 4) is 5.75 Å². The standard InChI is InChI=1S/C14H15NOS2/c15-11(7-10-5-6-17-8-10)13-9-18-14-4-2-1-3-12(14)16-13/h1-6,8,11,13H,7,9,15H2. The maximum Gasteiger partial charge on any atom is 0.133 e. The van der Waals surface area contributed by atoms with E-state index in [0.717, 1.165) is 17.9 Å². The summed E-state index contributed by atoms with van der Waals surface area (Å²) in [6.45, 7) is 0. The van der Waals surface area contributed by atoms with Crippen LogP contribution in [-0.4, -0.2) is 17.9 Å². The first-order valence-electron chi connectivity index (χ1n) is 5.98. The van der Waals surface area contributed by atoms with Gasteiger partial charge < -0.3 is 10.5 Å². The number of hydrogen-bond acceptors (Lipinski definition) is 4. The van der Waals surface area contributed by atoms with Crippen molar-refractivity contribution in [1.29, 1.82) is 0 Å². The van der Waals surface area contributed by atoms with Crippen molar-refractivity contribution in [3.05, 3.63) is 46.7 Å². The van der Waals surface area contributed by atoms with Crippen LogP contribution >= 0.6 is 23.1 Å². The second-order valence-electron chi connectivity index (χ2n) is 4.41. The molecule has 0 saturated heterocycles. The summed E-state index contributed by atoms with van der Waals surface area (Å²) in [5, 5.41) is 4.25. The summed E-state index contributed by atoms with van der Waals surface area (Å²) < 4.78 is 6.00. The van der Waals surface area contributed by atoms with Crippen LogP contribution in [0, 0.1) is 0 Å². The third-order valence-corrected chi connectivity index (χ3v) is 4.94. The Morgan fingerprint density at radius 1 is 1.33 bits per heavy atom. The van der Waals surface area contributed by atoms with E-state index in [2.05, 4.69) is 22.9 Å². The van der Waals surface area contributed by atoms with E-state index in [4.69, 9.17) is 10.5 Å². The second kappa shape index (κ2) is 5.34. The maximum atomic E-state index is 6.26. The quantitative estimate of drug-likeness (QED) is 0.936. The van der Waals surface area contributed by atoms with Gasteiger partial charge in [-0.1, -0.05) is 12.1 Å². The van der Waals surface area contributed by atoms with Crippen molar-refractivity contribution in [2.24, 2.45) is 5.73 Å². The Morgan fingerprint density at radius 3 is 3.06 bits per heavy atom. The first-order chi connectivity index (χ1) is 8.83. The molecule has 2 atom stereocenters. The summed E-state index contributed by atoms with van der Waals surface area (Å²) >= 11 is 3.55. The van der Waals surface area contributed by atoms with E-state index >= 15 is 0 Å². The highest BCUT2D eigenvalue weighted by atomic mass is 32.2. The van der Waals surface area contributed by atoms with Gasteiger partial charge in [-0.15, -0.1) is 11.8 Å². The highest BCUT2D eigenvalue weighted by Gasteiger charge is 2.25. The van der Waals surface area contributed by atoms with Gasteiger partial charge in [0.25, 0.3) is 0 Å². The van der Waals surface area contributed by atoms with Gasteiger partial charge in [0.15, 0.2) is 0 Å². The average Bonchev–Trinajstić information content (AvgIpc) is 2.91. The molecule has 2 heterocycles. The normalized spacial score (nSPS) is 19.9. The molecule has 3 rings (SSSR count).